The van der Waals surface area contributed by atoms with Gasteiger partial charge in [-0.15, -0.1) is 0 Å². The van der Waals surface area contributed by atoms with E-state index in [4.69, 9.17) is 0 Å². The molecule has 0 fully saturated rings. The summed E-state index contributed by atoms with van der Waals surface area (Å²) in [5.74, 6) is 1.66. The van der Waals surface area contributed by atoms with Crippen LogP contribution in [0.2, 0.25) is 0 Å². The number of amides is 2. The SMILES string of the molecule is CCCCc1nc(C)cc(NCCNC(=O)Nc2ccc(C)nc2)n1. The number of urea groups is 1. The zero-order valence-corrected chi connectivity index (χ0v) is 15.1. The molecular formula is C18H26N6O. The van der Waals surface area contributed by atoms with Gasteiger partial charge in [0.2, 0.25) is 0 Å². The molecule has 0 aliphatic carbocycles. The van der Waals surface area contributed by atoms with Crippen LogP contribution in [-0.2, 0) is 6.42 Å². The van der Waals surface area contributed by atoms with E-state index in [0.29, 0.717) is 18.8 Å². The quantitative estimate of drug-likeness (QED) is 0.641. The number of pyridine rings is 1. The van der Waals surface area contributed by atoms with Gasteiger partial charge in [0.15, 0.2) is 0 Å². The number of aromatic nitrogens is 3. The lowest BCUT2D eigenvalue weighted by Gasteiger charge is -2.10. The highest BCUT2D eigenvalue weighted by molar-refractivity contribution is 5.88. The number of nitrogens with zero attached hydrogens (tertiary/aromatic N) is 3. The Hall–Kier alpha value is -2.70. The molecule has 0 saturated heterocycles. The fourth-order valence-electron chi connectivity index (χ4n) is 2.25. The molecule has 2 amide bonds. The zero-order chi connectivity index (χ0) is 18.1. The van der Waals surface area contributed by atoms with E-state index in [1.165, 1.54) is 0 Å². The highest BCUT2D eigenvalue weighted by Crippen LogP contribution is 2.08. The second-order valence-electron chi connectivity index (χ2n) is 5.91. The zero-order valence-electron chi connectivity index (χ0n) is 15.1. The molecule has 0 spiro atoms. The number of nitrogens with one attached hydrogen (secondary N) is 3. The molecular weight excluding hydrogens is 316 g/mol. The third-order valence-corrected chi connectivity index (χ3v) is 3.54. The van der Waals surface area contributed by atoms with Crippen molar-refractivity contribution in [2.75, 3.05) is 23.7 Å². The first-order valence-electron chi connectivity index (χ1n) is 8.62. The molecule has 0 aliphatic heterocycles. The van der Waals surface area contributed by atoms with Crippen LogP contribution in [0.25, 0.3) is 0 Å². The van der Waals surface area contributed by atoms with Crippen molar-refractivity contribution in [3.05, 3.63) is 41.6 Å². The van der Waals surface area contributed by atoms with Crippen LogP contribution in [0.3, 0.4) is 0 Å². The van der Waals surface area contributed by atoms with Crippen LogP contribution in [0.5, 0.6) is 0 Å². The maximum atomic E-state index is 11.8. The number of carbonyl (C=O) groups is 1. The van der Waals surface area contributed by atoms with Gasteiger partial charge in [-0.1, -0.05) is 13.3 Å². The van der Waals surface area contributed by atoms with E-state index in [2.05, 4.69) is 37.8 Å². The van der Waals surface area contributed by atoms with Crippen LogP contribution >= 0.6 is 0 Å². The molecule has 0 aromatic carbocycles. The normalized spacial score (nSPS) is 10.4. The third kappa shape index (κ3) is 6.74. The lowest BCUT2D eigenvalue weighted by atomic mass is 10.2. The Balaban J connectivity index is 1.74. The van der Waals surface area contributed by atoms with E-state index in [1.807, 2.05) is 32.0 Å². The summed E-state index contributed by atoms with van der Waals surface area (Å²) in [5.41, 5.74) is 2.53. The molecule has 2 aromatic heterocycles. The maximum absolute atomic E-state index is 11.8. The predicted molar refractivity (Wildman–Crippen MR) is 99.9 cm³/mol. The molecule has 2 rings (SSSR count). The van der Waals surface area contributed by atoms with Crippen LogP contribution in [0.4, 0.5) is 16.3 Å². The van der Waals surface area contributed by atoms with Crippen molar-refractivity contribution in [1.29, 1.82) is 0 Å². The van der Waals surface area contributed by atoms with Gasteiger partial charge in [-0.2, -0.15) is 0 Å². The van der Waals surface area contributed by atoms with Gasteiger partial charge < -0.3 is 16.0 Å². The van der Waals surface area contributed by atoms with Crippen molar-refractivity contribution < 1.29 is 4.79 Å². The molecule has 2 aromatic rings. The molecule has 0 atom stereocenters. The summed E-state index contributed by atoms with van der Waals surface area (Å²) in [5, 5.41) is 8.76. The molecule has 7 nitrogen and oxygen atoms in total. The van der Waals surface area contributed by atoms with Crippen LogP contribution in [0.1, 0.15) is 37.0 Å². The number of rotatable bonds is 8. The van der Waals surface area contributed by atoms with Crippen LogP contribution < -0.4 is 16.0 Å². The first kappa shape index (κ1) is 18.6. The molecule has 0 saturated carbocycles. The summed E-state index contributed by atoms with van der Waals surface area (Å²) in [6.45, 7) is 7.09. The summed E-state index contributed by atoms with van der Waals surface area (Å²) >= 11 is 0. The summed E-state index contributed by atoms with van der Waals surface area (Å²) in [6, 6.07) is 5.33. The fraction of sp³-hybridized carbons (Fsp3) is 0.444. The minimum absolute atomic E-state index is 0.255. The number of anilines is 2. The molecule has 0 bridgehead atoms. The van der Waals surface area contributed by atoms with E-state index in [-0.39, 0.29) is 6.03 Å². The van der Waals surface area contributed by atoms with Gasteiger partial charge in [0.05, 0.1) is 11.9 Å². The van der Waals surface area contributed by atoms with Crippen molar-refractivity contribution in [1.82, 2.24) is 20.3 Å². The summed E-state index contributed by atoms with van der Waals surface area (Å²) < 4.78 is 0. The molecule has 0 aliphatic rings. The van der Waals surface area contributed by atoms with Crippen molar-refractivity contribution in [3.8, 4) is 0 Å². The minimum atomic E-state index is -0.255. The Morgan fingerprint density at radius 1 is 1.12 bits per heavy atom. The molecule has 3 N–H and O–H groups in total. The number of aryl methyl sites for hydroxylation is 3. The second kappa shape index (κ2) is 9.56. The van der Waals surface area contributed by atoms with Crippen LogP contribution in [0, 0.1) is 13.8 Å². The lowest BCUT2D eigenvalue weighted by molar-refractivity contribution is 0.252. The number of carbonyl (C=O) groups excluding carboxylic acids is 1. The summed E-state index contributed by atoms with van der Waals surface area (Å²) in [4.78, 5) is 24.9. The molecule has 25 heavy (non-hydrogen) atoms. The minimum Gasteiger partial charge on any atom is -0.368 e. The standard InChI is InChI=1S/C18H26N6O/c1-4-5-6-16-22-14(3)11-17(24-16)19-9-10-20-18(25)23-15-8-7-13(2)21-12-15/h7-8,11-12H,4-6,9-10H2,1-3H3,(H,19,22,24)(H2,20,23,25). The van der Waals surface area contributed by atoms with Gasteiger partial charge in [0.1, 0.15) is 11.6 Å². The van der Waals surface area contributed by atoms with E-state index < -0.39 is 0 Å². The Kier molecular flexibility index (Phi) is 7.13. The highest BCUT2D eigenvalue weighted by Gasteiger charge is 2.03. The monoisotopic (exact) mass is 342 g/mol. The Morgan fingerprint density at radius 2 is 1.96 bits per heavy atom. The number of hydrogen-bond donors (Lipinski definition) is 3. The van der Waals surface area contributed by atoms with Crippen molar-refractivity contribution in [2.24, 2.45) is 0 Å². The van der Waals surface area contributed by atoms with E-state index >= 15 is 0 Å². The molecule has 0 unspecified atom stereocenters. The predicted octanol–water partition coefficient (Wildman–Crippen LogP) is 3.06. The van der Waals surface area contributed by atoms with Crippen molar-refractivity contribution >= 4 is 17.5 Å². The number of unbranched alkanes of at least 4 members (excludes halogenated alkanes) is 1. The molecule has 0 radical (unpaired) electrons. The Labute approximate surface area is 148 Å². The first-order chi connectivity index (χ1) is 12.1. The van der Waals surface area contributed by atoms with Gasteiger partial charge in [-0.25, -0.2) is 14.8 Å². The smallest absolute Gasteiger partial charge is 0.319 e. The van der Waals surface area contributed by atoms with Gasteiger partial charge in [0.25, 0.3) is 0 Å². The average Bonchev–Trinajstić information content (AvgIpc) is 2.58. The highest BCUT2D eigenvalue weighted by atomic mass is 16.2. The molecule has 134 valence electrons. The summed E-state index contributed by atoms with van der Waals surface area (Å²) in [6.07, 6.45) is 4.72. The van der Waals surface area contributed by atoms with E-state index in [1.54, 1.807) is 6.20 Å². The first-order valence-corrected chi connectivity index (χ1v) is 8.62. The fourth-order valence-corrected chi connectivity index (χ4v) is 2.25. The largest absolute Gasteiger partial charge is 0.368 e. The van der Waals surface area contributed by atoms with Crippen molar-refractivity contribution in [3.63, 3.8) is 0 Å². The Bertz CT molecular complexity index is 686. The van der Waals surface area contributed by atoms with Gasteiger partial charge >= 0.3 is 6.03 Å². The lowest BCUT2D eigenvalue weighted by Crippen LogP contribution is -2.32. The van der Waals surface area contributed by atoms with Gasteiger partial charge in [-0.3, -0.25) is 4.98 Å². The van der Waals surface area contributed by atoms with E-state index in [0.717, 1.165) is 42.3 Å². The van der Waals surface area contributed by atoms with Gasteiger partial charge in [0, 0.05) is 37.0 Å². The Morgan fingerprint density at radius 3 is 2.68 bits per heavy atom. The third-order valence-electron chi connectivity index (χ3n) is 3.54. The number of hydrogen-bond acceptors (Lipinski definition) is 5. The topological polar surface area (TPSA) is 91.8 Å². The van der Waals surface area contributed by atoms with Crippen LogP contribution in [-0.4, -0.2) is 34.1 Å². The average molecular weight is 342 g/mol. The second-order valence-corrected chi connectivity index (χ2v) is 5.91. The maximum Gasteiger partial charge on any atom is 0.319 e. The van der Waals surface area contributed by atoms with Crippen molar-refractivity contribution in [2.45, 2.75) is 40.0 Å². The van der Waals surface area contributed by atoms with E-state index in [9.17, 15) is 4.79 Å². The molecule has 7 heteroatoms. The summed E-state index contributed by atoms with van der Waals surface area (Å²) in [7, 11) is 0. The van der Waals surface area contributed by atoms with Crippen LogP contribution in [0.15, 0.2) is 24.4 Å². The molecule has 2 heterocycles. The van der Waals surface area contributed by atoms with Gasteiger partial charge in [-0.05, 0) is 32.4 Å².